The van der Waals surface area contributed by atoms with Crippen molar-refractivity contribution in [2.45, 2.75) is 76.3 Å². The molecule has 3 aliphatic rings. The first-order chi connectivity index (χ1) is 12.3. The summed E-state index contributed by atoms with van der Waals surface area (Å²) in [6.07, 6.45) is 8.27. The molecule has 2 atom stereocenters. The summed E-state index contributed by atoms with van der Waals surface area (Å²) in [6, 6.07) is -1.39. The van der Waals surface area contributed by atoms with E-state index in [4.69, 9.17) is 16.6 Å². The van der Waals surface area contributed by atoms with Crippen LogP contribution in [0.15, 0.2) is 0 Å². The van der Waals surface area contributed by atoms with Crippen molar-refractivity contribution >= 4 is 17.9 Å². The number of hydrogen-bond donors (Lipinski definition) is 5. The van der Waals surface area contributed by atoms with Crippen molar-refractivity contribution < 1.29 is 19.5 Å². The second kappa shape index (κ2) is 9.21. The van der Waals surface area contributed by atoms with E-state index in [2.05, 4.69) is 10.6 Å². The first-order valence-corrected chi connectivity index (χ1v) is 9.63. The number of primary amides is 1. The molecule has 148 valence electrons. The minimum absolute atomic E-state index is 0.191. The lowest BCUT2D eigenvalue weighted by Crippen LogP contribution is -2.52. The number of nitrogens with two attached hydrogens (primary N) is 2. The fourth-order valence-corrected chi connectivity index (χ4v) is 4.44. The van der Waals surface area contributed by atoms with E-state index < -0.39 is 24.1 Å². The van der Waals surface area contributed by atoms with Crippen LogP contribution in [0.4, 0.5) is 4.79 Å². The zero-order valence-electron chi connectivity index (χ0n) is 15.3. The van der Waals surface area contributed by atoms with E-state index in [0.717, 1.165) is 25.2 Å². The molecular weight excluding hydrogens is 336 g/mol. The molecular formula is C18H32N4O4. The Morgan fingerprint density at radius 1 is 1.12 bits per heavy atom. The minimum Gasteiger partial charge on any atom is -0.465 e. The average molecular weight is 368 g/mol. The number of nitrogens with one attached hydrogen (secondary N) is 2. The highest BCUT2D eigenvalue weighted by Crippen LogP contribution is 2.52. The minimum atomic E-state index is -1.08. The number of rotatable bonds is 10. The molecule has 3 amide bonds. The van der Waals surface area contributed by atoms with E-state index in [-0.39, 0.29) is 11.3 Å². The van der Waals surface area contributed by atoms with Crippen LogP contribution in [-0.4, -0.2) is 41.6 Å². The monoisotopic (exact) mass is 368 g/mol. The van der Waals surface area contributed by atoms with Crippen LogP contribution in [0.5, 0.6) is 0 Å². The number of hydrogen-bond acceptors (Lipinski definition) is 4. The summed E-state index contributed by atoms with van der Waals surface area (Å²) >= 11 is 0. The highest BCUT2D eigenvalue weighted by molar-refractivity contribution is 5.88. The molecule has 7 N–H and O–H groups in total. The number of carbonyl (C=O) groups excluding carboxylic acids is 2. The van der Waals surface area contributed by atoms with Gasteiger partial charge in [0.25, 0.3) is 0 Å². The van der Waals surface area contributed by atoms with Gasteiger partial charge in [-0.2, -0.15) is 0 Å². The number of unbranched alkanes of at least 4 members (excludes halogenated alkanes) is 1. The van der Waals surface area contributed by atoms with E-state index in [1.807, 2.05) is 0 Å². The Morgan fingerprint density at radius 2 is 1.73 bits per heavy atom. The maximum atomic E-state index is 12.4. The molecule has 0 saturated heterocycles. The fourth-order valence-electron chi connectivity index (χ4n) is 4.44. The van der Waals surface area contributed by atoms with Crippen molar-refractivity contribution in [3.05, 3.63) is 0 Å². The molecule has 0 spiro atoms. The van der Waals surface area contributed by atoms with Gasteiger partial charge in [-0.3, -0.25) is 9.59 Å². The van der Waals surface area contributed by atoms with Gasteiger partial charge in [0, 0.05) is 6.54 Å². The largest absolute Gasteiger partial charge is 0.465 e. The van der Waals surface area contributed by atoms with E-state index in [1.165, 1.54) is 19.3 Å². The highest BCUT2D eigenvalue weighted by Gasteiger charge is 2.42. The van der Waals surface area contributed by atoms with Crippen LogP contribution >= 0.6 is 0 Å². The number of fused-ring (bicyclic) bond motifs is 3. The third kappa shape index (κ3) is 5.86. The smallest absolute Gasteiger partial charge is 0.404 e. The molecule has 0 heterocycles. The average Bonchev–Trinajstić information content (AvgIpc) is 2.61. The van der Waals surface area contributed by atoms with Gasteiger partial charge in [0.05, 0.1) is 6.04 Å². The molecule has 8 nitrogen and oxygen atoms in total. The molecule has 0 aliphatic heterocycles. The first kappa shape index (κ1) is 20.5. The molecule has 0 radical (unpaired) electrons. The van der Waals surface area contributed by atoms with Crippen molar-refractivity contribution in [1.29, 1.82) is 0 Å². The van der Waals surface area contributed by atoms with Gasteiger partial charge in [-0.15, -0.1) is 0 Å². The SMILES string of the molecule is NC(=O)C(CCCCNC(=O)O)NC(=O)C(N)CC12CCC(CC1)CC2. The van der Waals surface area contributed by atoms with Crippen LogP contribution in [0, 0.1) is 11.3 Å². The normalized spacial score (nSPS) is 26.7. The maximum absolute atomic E-state index is 12.4. The highest BCUT2D eigenvalue weighted by atomic mass is 16.4. The standard InChI is InChI=1S/C18H32N4O4/c19-13(11-18-7-4-12(5-8-18)6-9-18)16(24)22-14(15(20)23)3-1-2-10-21-17(25)26/h12-14,21H,1-11,19H2,(H2,20,23)(H,22,24)(H,25,26). The van der Waals surface area contributed by atoms with Gasteiger partial charge in [0.15, 0.2) is 0 Å². The Hall–Kier alpha value is -1.83. The summed E-state index contributed by atoms with van der Waals surface area (Å²) in [5.41, 5.74) is 11.7. The van der Waals surface area contributed by atoms with E-state index in [1.54, 1.807) is 0 Å². The summed E-state index contributed by atoms with van der Waals surface area (Å²) in [5.74, 6) is -0.0515. The Morgan fingerprint density at radius 3 is 2.27 bits per heavy atom. The molecule has 2 bridgehead atoms. The van der Waals surface area contributed by atoms with Gasteiger partial charge in [-0.25, -0.2) is 4.79 Å². The molecule has 3 fully saturated rings. The predicted octanol–water partition coefficient (Wildman–Crippen LogP) is 1.08. The quantitative estimate of drug-likeness (QED) is 0.366. The fraction of sp³-hybridized carbons (Fsp3) is 0.833. The van der Waals surface area contributed by atoms with Crippen molar-refractivity contribution in [3.8, 4) is 0 Å². The molecule has 0 aromatic heterocycles. The molecule has 26 heavy (non-hydrogen) atoms. The van der Waals surface area contributed by atoms with Gasteiger partial charge in [-0.1, -0.05) is 0 Å². The number of carbonyl (C=O) groups is 3. The summed E-state index contributed by atoms with van der Waals surface area (Å²) in [5, 5.41) is 13.5. The number of carboxylic acid groups (broad SMARTS) is 1. The lowest BCUT2D eigenvalue weighted by atomic mass is 9.58. The van der Waals surface area contributed by atoms with Crippen LogP contribution in [0.3, 0.4) is 0 Å². The first-order valence-electron chi connectivity index (χ1n) is 9.63. The van der Waals surface area contributed by atoms with Crippen LogP contribution in [0.1, 0.15) is 64.2 Å². The second-order valence-corrected chi connectivity index (χ2v) is 7.98. The Bertz CT molecular complexity index is 504. The van der Waals surface area contributed by atoms with E-state index in [9.17, 15) is 14.4 Å². The van der Waals surface area contributed by atoms with Crippen molar-refractivity contribution in [2.24, 2.45) is 22.8 Å². The van der Waals surface area contributed by atoms with Crippen LogP contribution in [0.25, 0.3) is 0 Å². The Kier molecular flexibility index (Phi) is 7.25. The third-order valence-corrected chi connectivity index (χ3v) is 6.09. The topological polar surface area (TPSA) is 148 Å². The summed E-state index contributed by atoms with van der Waals surface area (Å²) in [7, 11) is 0. The van der Waals surface area contributed by atoms with Crippen LogP contribution in [0.2, 0.25) is 0 Å². The third-order valence-electron chi connectivity index (χ3n) is 6.09. The second-order valence-electron chi connectivity index (χ2n) is 7.98. The zero-order valence-corrected chi connectivity index (χ0v) is 15.3. The molecule has 3 aliphatic carbocycles. The van der Waals surface area contributed by atoms with Gasteiger partial charge in [-0.05, 0) is 75.5 Å². The molecule has 8 heteroatoms. The van der Waals surface area contributed by atoms with Gasteiger partial charge in [0.1, 0.15) is 6.04 Å². The summed E-state index contributed by atoms with van der Waals surface area (Å²) < 4.78 is 0. The molecule has 3 saturated carbocycles. The summed E-state index contributed by atoms with van der Waals surface area (Å²) in [4.78, 5) is 34.4. The van der Waals surface area contributed by atoms with Crippen molar-refractivity contribution in [3.63, 3.8) is 0 Å². The van der Waals surface area contributed by atoms with E-state index in [0.29, 0.717) is 32.2 Å². The lowest BCUT2D eigenvalue weighted by Gasteiger charge is -2.47. The van der Waals surface area contributed by atoms with Crippen molar-refractivity contribution in [2.75, 3.05) is 6.54 Å². The predicted molar refractivity (Wildman–Crippen MR) is 97.2 cm³/mol. The van der Waals surface area contributed by atoms with Crippen molar-refractivity contribution in [1.82, 2.24) is 10.6 Å². The molecule has 3 rings (SSSR count). The Labute approximate surface area is 154 Å². The van der Waals surface area contributed by atoms with Crippen LogP contribution in [-0.2, 0) is 9.59 Å². The molecule has 0 aromatic carbocycles. The number of amides is 3. The molecule has 2 unspecified atom stereocenters. The van der Waals surface area contributed by atoms with Crippen LogP contribution < -0.4 is 22.1 Å². The zero-order chi connectivity index (χ0) is 19.2. The van der Waals surface area contributed by atoms with E-state index >= 15 is 0 Å². The Balaban J connectivity index is 1.76. The van der Waals surface area contributed by atoms with Gasteiger partial charge >= 0.3 is 6.09 Å². The molecule has 0 aromatic rings. The van der Waals surface area contributed by atoms with Gasteiger partial charge in [0.2, 0.25) is 11.8 Å². The maximum Gasteiger partial charge on any atom is 0.404 e. The summed E-state index contributed by atoms with van der Waals surface area (Å²) in [6.45, 7) is 0.303. The lowest BCUT2D eigenvalue weighted by molar-refractivity contribution is -0.129. The van der Waals surface area contributed by atoms with Gasteiger partial charge < -0.3 is 27.2 Å².